The highest BCUT2D eigenvalue weighted by Crippen LogP contribution is 2.28. The molecule has 0 aliphatic carbocycles. The fraction of sp³-hybridized carbons (Fsp3) is 0.423. The largest absolute Gasteiger partial charge is 0.455 e. The van der Waals surface area contributed by atoms with E-state index in [1.807, 2.05) is 29.2 Å². The van der Waals surface area contributed by atoms with Crippen LogP contribution in [0.3, 0.4) is 0 Å². The zero-order valence-electron chi connectivity index (χ0n) is 19.7. The second kappa shape index (κ2) is 10.6. The zero-order chi connectivity index (χ0) is 23.3. The van der Waals surface area contributed by atoms with E-state index in [2.05, 4.69) is 34.9 Å². The van der Waals surface area contributed by atoms with Gasteiger partial charge in [0, 0.05) is 50.9 Å². The van der Waals surface area contributed by atoms with Crippen molar-refractivity contribution in [2.75, 3.05) is 50.7 Å². The minimum atomic E-state index is -0.00965. The summed E-state index contributed by atoms with van der Waals surface area (Å²) in [7, 11) is 0. The molecule has 0 atom stereocenters. The fourth-order valence-corrected chi connectivity index (χ4v) is 5.22. The van der Waals surface area contributed by atoms with Crippen molar-refractivity contribution in [2.24, 2.45) is 0 Å². The van der Waals surface area contributed by atoms with Gasteiger partial charge in [-0.1, -0.05) is 49.0 Å². The number of rotatable bonds is 7. The van der Waals surface area contributed by atoms with E-state index in [0.717, 1.165) is 86.6 Å². The summed E-state index contributed by atoms with van der Waals surface area (Å²) >= 11 is 1.54. The Bertz CT molecular complexity index is 1110. The van der Waals surface area contributed by atoms with Gasteiger partial charge >= 0.3 is 0 Å². The third-order valence-electron chi connectivity index (χ3n) is 6.51. The first kappa shape index (κ1) is 22.9. The van der Waals surface area contributed by atoms with Gasteiger partial charge in [-0.2, -0.15) is 0 Å². The van der Waals surface area contributed by atoms with Crippen molar-refractivity contribution in [3.63, 3.8) is 0 Å². The number of benzene rings is 1. The summed E-state index contributed by atoms with van der Waals surface area (Å²) < 4.78 is 5.88. The van der Waals surface area contributed by atoms with Gasteiger partial charge in [-0.25, -0.2) is 9.97 Å². The molecule has 0 N–H and O–H groups in total. The number of hydrogen-bond acceptors (Lipinski definition) is 7. The second-order valence-electron chi connectivity index (χ2n) is 8.74. The molecule has 2 saturated heterocycles. The van der Waals surface area contributed by atoms with Crippen molar-refractivity contribution in [2.45, 2.75) is 30.7 Å². The van der Waals surface area contributed by atoms with Crippen LogP contribution in [0.15, 0.2) is 58.1 Å². The average molecular weight is 478 g/mol. The third-order valence-corrected chi connectivity index (χ3v) is 7.38. The van der Waals surface area contributed by atoms with Gasteiger partial charge in [0.2, 0.25) is 0 Å². The number of carbonyl (C=O) groups is 1. The Morgan fingerprint density at radius 2 is 1.74 bits per heavy atom. The Hall–Kier alpha value is -2.84. The molecule has 4 heterocycles. The molecule has 7 nitrogen and oxygen atoms in total. The molecule has 2 aliphatic rings. The highest BCUT2D eigenvalue weighted by atomic mass is 32.2. The van der Waals surface area contributed by atoms with Crippen LogP contribution in [0.4, 0.5) is 5.82 Å². The van der Waals surface area contributed by atoms with E-state index < -0.39 is 0 Å². The molecule has 0 unspecified atom stereocenters. The standard InChI is InChI=1S/C26H31N5O2S/c1-2-29-14-16-30(17-15-29)24-18-22(20-8-4-3-5-9-20)27-26(28-24)34-19-21-10-11-23(33-21)25(32)31-12-6-7-13-31/h3-5,8-11,18H,2,6-7,12-17,19H2,1H3. The summed E-state index contributed by atoms with van der Waals surface area (Å²) in [5.74, 6) is 2.72. The van der Waals surface area contributed by atoms with Gasteiger partial charge in [-0.15, -0.1) is 0 Å². The predicted molar refractivity (Wildman–Crippen MR) is 135 cm³/mol. The maximum atomic E-state index is 12.6. The highest BCUT2D eigenvalue weighted by Gasteiger charge is 2.23. The molecule has 1 amide bonds. The fourth-order valence-electron chi connectivity index (χ4n) is 4.47. The Morgan fingerprint density at radius 1 is 0.971 bits per heavy atom. The van der Waals surface area contributed by atoms with Gasteiger partial charge in [0.05, 0.1) is 11.4 Å². The number of nitrogens with zero attached hydrogens (tertiary/aromatic N) is 5. The lowest BCUT2D eigenvalue weighted by molar-refractivity contribution is 0.0760. The molecule has 5 rings (SSSR count). The first-order valence-corrected chi connectivity index (χ1v) is 13.1. The average Bonchev–Trinajstić information content (AvgIpc) is 3.60. The molecule has 2 fully saturated rings. The topological polar surface area (TPSA) is 65.7 Å². The minimum Gasteiger partial charge on any atom is -0.455 e. The number of amides is 1. The number of furan rings is 1. The van der Waals surface area contributed by atoms with Crippen LogP contribution in [0.25, 0.3) is 11.3 Å². The summed E-state index contributed by atoms with van der Waals surface area (Å²) in [5.41, 5.74) is 2.01. The maximum Gasteiger partial charge on any atom is 0.289 e. The number of anilines is 1. The zero-order valence-corrected chi connectivity index (χ0v) is 20.5. The van der Waals surface area contributed by atoms with Crippen molar-refractivity contribution in [3.8, 4) is 11.3 Å². The molecule has 0 radical (unpaired) electrons. The summed E-state index contributed by atoms with van der Waals surface area (Å²) in [4.78, 5) is 29.0. The van der Waals surface area contributed by atoms with Gasteiger partial charge in [0.1, 0.15) is 11.6 Å². The second-order valence-corrected chi connectivity index (χ2v) is 9.68. The maximum absolute atomic E-state index is 12.6. The van der Waals surface area contributed by atoms with Gasteiger partial charge in [0.15, 0.2) is 10.9 Å². The Morgan fingerprint density at radius 3 is 2.47 bits per heavy atom. The summed E-state index contributed by atoms with van der Waals surface area (Å²) in [6, 6.07) is 16.0. The molecule has 3 aromatic rings. The lowest BCUT2D eigenvalue weighted by Crippen LogP contribution is -2.46. The Labute approximate surface area is 205 Å². The summed E-state index contributed by atoms with van der Waals surface area (Å²) in [6.07, 6.45) is 2.14. The summed E-state index contributed by atoms with van der Waals surface area (Å²) in [6.45, 7) is 8.94. The first-order chi connectivity index (χ1) is 16.7. The van der Waals surface area contributed by atoms with Gasteiger partial charge < -0.3 is 19.1 Å². The summed E-state index contributed by atoms with van der Waals surface area (Å²) in [5, 5.41) is 0.720. The van der Waals surface area contributed by atoms with E-state index in [-0.39, 0.29) is 5.91 Å². The van der Waals surface area contributed by atoms with E-state index in [1.54, 1.807) is 17.8 Å². The predicted octanol–water partition coefficient (Wildman–Crippen LogP) is 4.41. The number of aromatic nitrogens is 2. The van der Waals surface area contributed by atoms with Gasteiger partial charge in [-0.05, 0) is 31.5 Å². The molecule has 178 valence electrons. The van der Waals surface area contributed by atoms with Gasteiger partial charge in [-0.3, -0.25) is 4.79 Å². The van der Waals surface area contributed by atoms with Crippen LogP contribution in [-0.2, 0) is 5.75 Å². The normalized spacial score (nSPS) is 16.9. The molecular formula is C26H31N5O2S. The van der Waals surface area contributed by atoms with E-state index in [0.29, 0.717) is 11.5 Å². The van der Waals surface area contributed by atoms with Crippen molar-refractivity contribution >= 4 is 23.5 Å². The Balaban J connectivity index is 1.33. The lowest BCUT2D eigenvalue weighted by atomic mass is 10.1. The molecule has 2 aromatic heterocycles. The number of likely N-dealkylation sites (N-methyl/N-ethyl adjacent to an activating group) is 1. The number of hydrogen-bond donors (Lipinski definition) is 0. The smallest absolute Gasteiger partial charge is 0.289 e. The van der Waals surface area contributed by atoms with Crippen molar-refractivity contribution in [1.29, 1.82) is 0 Å². The lowest BCUT2D eigenvalue weighted by Gasteiger charge is -2.35. The molecule has 0 saturated carbocycles. The van der Waals surface area contributed by atoms with Crippen molar-refractivity contribution < 1.29 is 9.21 Å². The number of carbonyl (C=O) groups excluding carboxylic acids is 1. The van der Waals surface area contributed by atoms with Crippen molar-refractivity contribution in [1.82, 2.24) is 19.8 Å². The number of likely N-dealkylation sites (tertiary alicyclic amines) is 1. The molecule has 1 aromatic carbocycles. The first-order valence-electron chi connectivity index (χ1n) is 12.1. The van der Waals surface area contributed by atoms with Crippen LogP contribution < -0.4 is 4.90 Å². The quantitative estimate of drug-likeness (QED) is 0.369. The van der Waals surface area contributed by atoms with Crippen LogP contribution in [0.5, 0.6) is 0 Å². The molecule has 0 spiro atoms. The van der Waals surface area contributed by atoms with Crippen LogP contribution in [0.2, 0.25) is 0 Å². The molecule has 34 heavy (non-hydrogen) atoms. The molecule has 8 heteroatoms. The van der Waals surface area contributed by atoms with E-state index >= 15 is 0 Å². The van der Waals surface area contributed by atoms with Crippen molar-refractivity contribution in [3.05, 3.63) is 60.1 Å². The third kappa shape index (κ3) is 5.28. The van der Waals surface area contributed by atoms with Crippen LogP contribution >= 0.6 is 11.8 Å². The van der Waals surface area contributed by atoms with E-state index in [9.17, 15) is 4.79 Å². The van der Waals surface area contributed by atoms with Crippen LogP contribution in [0.1, 0.15) is 36.1 Å². The number of piperazine rings is 1. The number of thioether (sulfide) groups is 1. The SMILES string of the molecule is CCN1CCN(c2cc(-c3ccccc3)nc(SCc3ccc(C(=O)N4CCCC4)o3)n2)CC1. The molecular weight excluding hydrogens is 446 g/mol. The van der Waals surface area contributed by atoms with Gasteiger partial charge in [0.25, 0.3) is 5.91 Å². The molecule has 2 aliphatic heterocycles. The Kier molecular flexibility index (Phi) is 7.16. The van der Waals surface area contributed by atoms with E-state index in [1.165, 1.54) is 0 Å². The minimum absolute atomic E-state index is 0.00965. The highest BCUT2D eigenvalue weighted by molar-refractivity contribution is 7.98. The monoisotopic (exact) mass is 477 g/mol. The van der Waals surface area contributed by atoms with Crippen LogP contribution in [-0.4, -0.2) is 71.5 Å². The van der Waals surface area contributed by atoms with Crippen LogP contribution in [0, 0.1) is 0 Å². The van der Waals surface area contributed by atoms with E-state index in [4.69, 9.17) is 14.4 Å². The molecule has 0 bridgehead atoms.